The number of aryl methyl sites for hydroxylation is 1. The Hall–Kier alpha value is -2.37. The zero-order valence-corrected chi connectivity index (χ0v) is 12.7. The second kappa shape index (κ2) is 7.59. The number of hydrogen-bond acceptors (Lipinski definition) is 4. The lowest BCUT2D eigenvalue weighted by atomic mass is 10.2. The normalized spacial score (nSPS) is 10.5. The summed E-state index contributed by atoms with van der Waals surface area (Å²) in [5.41, 5.74) is 0.828. The van der Waals surface area contributed by atoms with E-state index in [1.54, 1.807) is 6.92 Å². The van der Waals surface area contributed by atoms with Crippen LogP contribution in [0, 0.1) is 12.7 Å². The van der Waals surface area contributed by atoms with Crippen LogP contribution in [0.5, 0.6) is 5.75 Å². The highest BCUT2D eigenvalue weighted by Gasteiger charge is 2.20. The third-order valence-corrected chi connectivity index (χ3v) is 3.21. The molecule has 0 fully saturated rings. The summed E-state index contributed by atoms with van der Waals surface area (Å²) < 4.78 is 23.5. The van der Waals surface area contributed by atoms with E-state index < -0.39 is 0 Å². The van der Waals surface area contributed by atoms with Crippen LogP contribution in [0.15, 0.2) is 28.8 Å². The average Bonchev–Trinajstić information content (AvgIpc) is 2.88. The minimum atomic E-state index is -0.329. The molecule has 0 saturated heterocycles. The number of halogens is 1. The van der Waals surface area contributed by atoms with E-state index in [1.165, 1.54) is 24.3 Å². The number of hydrogen-bond donors (Lipinski definition) is 1. The molecule has 1 aromatic heterocycles. The Labute approximate surface area is 128 Å². The molecule has 0 bridgehead atoms. The first kappa shape index (κ1) is 16.0. The lowest BCUT2D eigenvalue weighted by Crippen LogP contribution is -2.26. The maximum absolute atomic E-state index is 12.8. The van der Waals surface area contributed by atoms with Gasteiger partial charge in [-0.2, -0.15) is 0 Å². The molecule has 0 saturated carbocycles. The summed E-state index contributed by atoms with van der Waals surface area (Å²) in [7, 11) is 0. The number of carbonyl (C=O) groups excluding carboxylic acids is 1. The second-order valence-electron chi connectivity index (χ2n) is 4.92. The van der Waals surface area contributed by atoms with Crippen molar-refractivity contribution in [2.75, 3.05) is 6.54 Å². The summed E-state index contributed by atoms with van der Waals surface area (Å²) >= 11 is 0. The van der Waals surface area contributed by atoms with Gasteiger partial charge in [-0.15, -0.1) is 0 Å². The minimum Gasteiger partial charge on any atom is -0.489 e. The molecular weight excluding hydrogens is 287 g/mol. The highest BCUT2D eigenvalue weighted by molar-refractivity contribution is 5.93. The molecule has 0 aliphatic rings. The first-order valence-electron chi connectivity index (χ1n) is 7.23. The number of ether oxygens (including phenoxy) is 1. The summed E-state index contributed by atoms with van der Waals surface area (Å²) in [5, 5.41) is 6.59. The van der Waals surface area contributed by atoms with Crippen LogP contribution in [0.4, 0.5) is 4.39 Å². The van der Waals surface area contributed by atoms with Gasteiger partial charge in [-0.25, -0.2) is 4.39 Å². The molecule has 1 aromatic carbocycles. The summed E-state index contributed by atoms with van der Waals surface area (Å²) in [6.07, 6.45) is 1.91. The van der Waals surface area contributed by atoms with Crippen LogP contribution in [-0.2, 0) is 6.61 Å². The van der Waals surface area contributed by atoms with Crippen LogP contribution in [0.1, 0.15) is 41.6 Å². The van der Waals surface area contributed by atoms with Crippen molar-refractivity contribution in [2.24, 2.45) is 0 Å². The number of benzene rings is 1. The Balaban J connectivity index is 2.02. The Morgan fingerprint density at radius 2 is 2.09 bits per heavy atom. The standard InChI is InChI=1S/C16H19FN2O3/c1-3-4-9-18-16(20)15-14(11(2)22-19-15)10-21-13-7-5-12(17)6-8-13/h5-8H,3-4,9-10H2,1-2H3,(H,18,20). The molecule has 1 heterocycles. The highest BCUT2D eigenvalue weighted by Crippen LogP contribution is 2.18. The van der Waals surface area contributed by atoms with E-state index in [9.17, 15) is 9.18 Å². The molecule has 0 spiro atoms. The smallest absolute Gasteiger partial charge is 0.273 e. The molecular formula is C16H19FN2O3. The van der Waals surface area contributed by atoms with Crippen LogP contribution >= 0.6 is 0 Å². The molecule has 118 valence electrons. The van der Waals surface area contributed by atoms with Crippen molar-refractivity contribution in [3.05, 3.63) is 47.1 Å². The van der Waals surface area contributed by atoms with E-state index in [4.69, 9.17) is 9.26 Å². The van der Waals surface area contributed by atoms with Crippen LogP contribution in [0.3, 0.4) is 0 Å². The Kier molecular flexibility index (Phi) is 5.52. The van der Waals surface area contributed by atoms with Gasteiger partial charge >= 0.3 is 0 Å². The number of aromatic nitrogens is 1. The third kappa shape index (κ3) is 4.07. The maximum atomic E-state index is 12.8. The number of unbranched alkanes of at least 4 members (excludes halogenated alkanes) is 1. The quantitative estimate of drug-likeness (QED) is 0.798. The Morgan fingerprint density at radius 3 is 2.77 bits per heavy atom. The largest absolute Gasteiger partial charge is 0.489 e. The van der Waals surface area contributed by atoms with Crippen LogP contribution < -0.4 is 10.1 Å². The summed E-state index contributed by atoms with van der Waals surface area (Å²) in [4.78, 5) is 12.1. The third-order valence-electron chi connectivity index (χ3n) is 3.21. The van der Waals surface area contributed by atoms with Gasteiger partial charge in [-0.3, -0.25) is 4.79 Å². The number of rotatable bonds is 7. The van der Waals surface area contributed by atoms with Gasteiger partial charge in [0.15, 0.2) is 5.69 Å². The maximum Gasteiger partial charge on any atom is 0.273 e. The molecule has 2 rings (SSSR count). The molecule has 2 aromatic rings. The molecule has 1 N–H and O–H groups in total. The molecule has 0 radical (unpaired) electrons. The van der Waals surface area contributed by atoms with E-state index in [-0.39, 0.29) is 24.0 Å². The minimum absolute atomic E-state index is 0.136. The molecule has 22 heavy (non-hydrogen) atoms. The predicted octanol–water partition coefficient (Wildman–Crippen LogP) is 3.23. The molecule has 6 heteroatoms. The van der Waals surface area contributed by atoms with Crippen molar-refractivity contribution < 1.29 is 18.4 Å². The van der Waals surface area contributed by atoms with Gasteiger partial charge in [-0.1, -0.05) is 18.5 Å². The topological polar surface area (TPSA) is 64.4 Å². The fraction of sp³-hybridized carbons (Fsp3) is 0.375. The van der Waals surface area contributed by atoms with Gasteiger partial charge in [0.1, 0.15) is 23.9 Å². The SMILES string of the molecule is CCCCNC(=O)c1noc(C)c1COc1ccc(F)cc1. The first-order valence-corrected chi connectivity index (χ1v) is 7.23. The average molecular weight is 306 g/mol. The van der Waals surface area contributed by atoms with Crippen LogP contribution in [-0.4, -0.2) is 17.6 Å². The number of carbonyl (C=O) groups is 1. The van der Waals surface area contributed by atoms with E-state index in [2.05, 4.69) is 10.5 Å². The number of nitrogens with zero attached hydrogens (tertiary/aromatic N) is 1. The Morgan fingerprint density at radius 1 is 1.36 bits per heavy atom. The van der Waals surface area contributed by atoms with E-state index in [0.29, 0.717) is 23.6 Å². The van der Waals surface area contributed by atoms with Crippen LogP contribution in [0.25, 0.3) is 0 Å². The molecule has 0 unspecified atom stereocenters. The second-order valence-corrected chi connectivity index (χ2v) is 4.92. The van der Waals surface area contributed by atoms with E-state index in [1.807, 2.05) is 6.92 Å². The summed E-state index contributed by atoms with van der Waals surface area (Å²) in [5.74, 6) is 0.439. The van der Waals surface area contributed by atoms with E-state index in [0.717, 1.165) is 12.8 Å². The highest BCUT2D eigenvalue weighted by atomic mass is 19.1. The summed E-state index contributed by atoms with van der Waals surface area (Å²) in [6.45, 7) is 4.50. The summed E-state index contributed by atoms with van der Waals surface area (Å²) in [6, 6.07) is 5.68. The van der Waals surface area contributed by atoms with Gasteiger partial charge < -0.3 is 14.6 Å². The van der Waals surface area contributed by atoms with Gasteiger partial charge in [0.25, 0.3) is 5.91 Å². The van der Waals surface area contributed by atoms with Crippen molar-refractivity contribution in [3.8, 4) is 5.75 Å². The van der Waals surface area contributed by atoms with Crippen molar-refractivity contribution in [1.82, 2.24) is 10.5 Å². The van der Waals surface area contributed by atoms with Gasteiger partial charge in [0, 0.05) is 6.54 Å². The molecule has 0 aliphatic heterocycles. The molecule has 0 atom stereocenters. The Bertz CT molecular complexity index is 623. The lowest BCUT2D eigenvalue weighted by molar-refractivity contribution is 0.0942. The van der Waals surface area contributed by atoms with Crippen molar-refractivity contribution in [2.45, 2.75) is 33.3 Å². The lowest BCUT2D eigenvalue weighted by Gasteiger charge is -2.07. The fourth-order valence-corrected chi connectivity index (χ4v) is 1.89. The predicted molar refractivity (Wildman–Crippen MR) is 79.2 cm³/mol. The zero-order chi connectivity index (χ0) is 15.9. The van der Waals surface area contributed by atoms with Gasteiger partial charge in [0.2, 0.25) is 0 Å². The van der Waals surface area contributed by atoms with Gasteiger partial charge in [-0.05, 0) is 37.6 Å². The number of nitrogens with one attached hydrogen (secondary N) is 1. The van der Waals surface area contributed by atoms with Crippen molar-refractivity contribution in [1.29, 1.82) is 0 Å². The zero-order valence-electron chi connectivity index (χ0n) is 12.7. The van der Waals surface area contributed by atoms with Crippen LogP contribution in [0.2, 0.25) is 0 Å². The molecule has 0 aliphatic carbocycles. The fourth-order valence-electron chi connectivity index (χ4n) is 1.89. The van der Waals surface area contributed by atoms with Crippen molar-refractivity contribution in [3.63, 3.8) is 0 Å². The van der Waals surface area contributed by atoms with E-state index >= 15 is 0 Å². The number of amides is 1. The van der Waals surface area contributed by atoms with Gasteiger partial charge in [0.05, 0.1) is 5.56 Å². The first-order chi connectivity index (χ1) is 10.6. The molecule has 5 nitrogen and oxygen atoms in total. The van der Waals surface area contributed by atoms with Crippen molar-refractivity contribution >= 4 is 5.91 Å². The monoisotopic (exact) mass is 306 g/mol. The molecule has 1 amide bonds.